The van der Waals surface area contributed by atoms with Crippen molar-refractivity contribution in [3.05, 3.63) is 34.6 Å². The molecule has 0 saturated carbocycles. The van der Waals surface area contributed by atoms with Crippen LogP contribution in [0.3, 0.4) is 0 Å². The quantitative estimate of drug-likeness (QED) is 0.821. The van der Waals surface area contributed by atoms with Crippen LogP contribution in [0.5, 0.6) is 0 Å². The first-order valence-electron chi connectivity index (χ1n) is 5.33. The van der Waals surface area contributed by atoms with E-state index in [2.05, 4.69) is 6.92 Å². The fourth-order valence-electron chi connectivity index (χ4n) is 1.56. The van der Waals surface area contributed by atoms with Gasteiger partial charge in [0.15, 0.2) is 0 Å². The first-order valence-corrected chi connectivity index (χ1v) is 5.70. The molecular weight excluding hydrogens is 213 g/mol. The van der Waals surface area contributed by atoms with Crippen LogP contribution in [-0.2, 0) is 6.42 Å². The van der Waals surface area contributed by atoms with Crippen LogP contribution in [0.2, 0.25) is 5.02 Å². The van der Waals surface area contributed by atoms with Crippen molar-refractivity contribution in [3.63, 3.8) is 0 Å². The molecular formula is C12H17ClFN. The van der Waals surface area contributed by atoms with E-state index in [-0.39, 0.29) is 16.9 Å². The molecule has 0 radical (unpaired) electrons. The lowest BCUT2D eigenvalue weighted by Gasteiger charge is -2.09. The molecule has 0 fully saturated rings. The number of rotatable bonds is 5. The van der Waals surface area contributed by atoms with Crippen LogP contribution in [-0.4, -0.2) is 6.04 Å². The van der Waals surface area contributed by atoms with E-state index in [0.717, 1.165) is 31.2 Å². The molecule has 1 aromatic carbocycles. The van der Waals surface area contributed by atoms with Gasteiger partial charge in [0.05, 0.1) is 5.02 Å². The lowest BCUT2D eigenvalue weighted by molar-refractivity contribution is 0.560. The molecule has 2 N–H and O–H groups in total. The normalized spacial score (nSPS) is 12.8. The van der Waals surface area contributed by atoms with Crippen molar-refractivity contribution in [3.8, 4) is 0 Å². The number of hydrogen-bond acceptors (Lipinski definition) is 1. The van der Waals surface area contributed by atoms with Gasteiger partial charge in [0.25, 0.3) is 0 Å². The summed E-state index contributed by atoms with van der Waals surface area (Å²) in [6, 6.07) is 5.08. The summed E-state index contributed by atoms with van der Waals surface area (Å²) in [6.07, 6.45) is 3.93. The Hall–Kier alpha value is -0.600. The Labute approximate surface area is 95.4 Å². The van der Waals surface area contributed by atoms with Crippen LogP contribution in [0, 0.1) is 5.82 Å². The average Bonchev–Trinajstić information content (AvgIpc) is 2.20. The van der Waals surface area contributed by atoms with Gasteiger partial charge >= 0.3 is 0 Å². The third kappa shape index (κ3) is 4.18. The summed E-state index contributed by atoms with van der Waals surface area (Å²) < 4.78 is 12.9. The van der Waals surface area contributed by atoms with Crippen molar-refractivity contribution in [1.29, 1.82) is 0 Å². The largest absolute Gasteiger partial charge is 0.328 e. The molecule has 0 heterocycles. The summed E-state index contributed by atoms with van der Waals surface area (Å²) in [6.45, 7) is 2.12. The Morgan fingerprint density at radius 2 is 2.13 bits per heavy atom. The predicted octanol–water partition coefficient (Wildman–Crippen LogP) is 3.54. The Balaban J connectivity index is 2.47. The van der Waals surface area contributed by atoms with Crippen LogP contribution in [0.1, 0.15) is 31.7 Å². The Morgan fingerprint density at radius 3 is 2.73 bits per heavy atom. The summed E-state index contributed by atoms with van der Waals surface area (Å²) in [5.41, 5.74) is 6.94. The summed E-state index contributed by atoms with van der Waals surface area (Å²) in [5, 5.41) is 0.191. The van der Waals surface area contributed by atoms with Crippen molar-refractivity contribution in [1.82, 2.24) is 0 Å². The molecule has 1 atom stereocenters. The number of benzene rings is 1. The molecule has 0 spiro atoms. The van der Waals surface area contributed by atoms with E-state index >= 15 is 0 Å². The van der Waals surface area contributed by atoms with Gasteiger partial charge in [-0.15, -0.1) is 0 Å². The van der Waals surface area contributed by atoms with E-state index in [1.165, 1.54) is 6.07 Å². The van der Waals surface area contributed by atoms with Gasteiger partial charge in [0.2, 0.25) is 0 Å². The van der Waals surface area contributed by atoms with Crippen molar-refractivity contribution in [2.75, 3.05) is 0 Å². The molecule has 3 heteroatoms. The highest BCUT2D eigenvalue weighted by Gasteiger charge is 2.04. The third-order valence-corrected chi connectivity index (χ3v) is 2.74. The summed E-state index contributed by atoms with van der Waals surface area (Å²) in [5.74, 6) is -0.363. The minimum atomic E-state index is -0.363. The number of nitrogens with two attached hydrogens (primary N) is 1. The van der Waals surface area contributed by atoms with Gasteiger partial charge in [0.1, 0.15) is 5.82 Å². The van der Waals surface area contributed by atoms with Gasteiger partial charge in [-0.1, -0.05) is 31.0 Å². The highest BCUT2D eigenvalue weighted by Crippen LogP contribution is 2.17. The number of hydrogen-bond donors (Lipinski definition) is 1. The first-order chi connectivity index (χ1) is 7.13. The van der Waals surface area contributed by atoms with E-state index in [9.17, 15) is 4.39 Å². The van der Waals surface area contributed by atoms with Crippen LogP contribution in [0.25, 0.3) is 0 Å². The zero-order valence-electron chi connectivity index (χ0n) is 8.97. The standard InChI is InChI=1S/C12H17ClFN/c1-2-3-10(15)6-4-9-5-7-12(14)11(13)8-9/h5,7-8,10H,2-4,6,15H2,1H3. The second-order valence-electron chi connectivity index (χ2n) is 3.84. The molecule has 0 saturated heterocycles. The Morgan fingerprint density at radius 1 is 1.40 bits per heavy atom. The summed E-state index contributed by atoms with van der Waals surface area (Å²) in [7, 11) is 0. The smallest absolute Gasteiger partial charge is 0.141 e. The molecule has 0 aliphatic carbocycles. The first kappa shape index (κ1) is 12.5. The molecule has 0 aliphatic heterocycles. The summed E-state index contributed by atoms with van der Waals surface area (Å²) >= 11 is 5.68. The van der Waals surface area contributed by atoms with Gasteiger partial charge in [0, 0.05) is 6.04 Å². The fraction of sp³-hybridized carbons (Fsp3) is 0.500. The Kier molecular flexibility index (Phi) is 5.06. The SMILES string of the molecule is CCCC(N)CCc1ccc(F)c(Cl)c1. The highest BCUT2D eigenvalue weighted by molar-refractivity contribution is 6.30. The van der Waals surface area contributed by atoms with Gasteiger partial charge < -0.3 is 5.73 Å². The molecule has 1 nitrogen and oxygen atoms in total. The molecule has 0 aromatic heterocycles. The van der Waals surface area contributed by atoms with Crippen molar-refractivity contribution < 1.29 is 4.39 Å². The highest BCUT2D eigenvalue weighted by atomic mass is 35.5. The maximum absolute atomic E-state index is 12.9. The topological polar surface area (TPSA) is 26.0 Å². The van der Waals surface area contributed by atoms with Crippen molar-refractivity contribution in [2.45, 2.75) is 38.6 Å². The van der Waals surface area contributed by atoms with E-state index in [0.29, 0.717) is 0 Å². The van der Waals surface area contributed by atoms with Gasteiger partial charge in [-0.2, -0.15) is 0 Å². The van der Waals surface area contributed by atoms with E-state index in [1.807, 2.05) is 0 Å². The van der Waals surface area contributed by atoms with Crippen molar-refractivity contribution >= 4 is 11.6 Å². The molecule has 0 bridgehead atoms. The monoisotopic (exact) mass is 229 g/mol. The average molecular weight is 230 g/mol. The third-order valence-electron chi connectivity index (χ3n) is 2.45. The predicted molar refractivity (Wildman–Crippen MR) is 62.6 cm³/mol. The Bertz CT molecular complexity index is 314. The van der Waals surface area contributed by atoms with Crippen LogP contribution < -0.4 is 5.73 Å². The van der Waals surface area contributed by atoms with Gasteiger partial charge in [-0.3, -0.25) is 0 Å². The van der Waals surface area contributed by atoms with E-state index in [4.69, 9.17) is 17.3 Å². The maximum atomic E-state index is 12.9. The van der Waals surface area contributed by atoms with Crippen molar-refractivity contribution in [2.24, 2.45) is 5.73 Å². The zero-order chi connectivity index (χ0) is 11.3. The molecule has 0 amide bonds. The molecule has 84 valence electrons. The number of halogens is 2. The zero-order valence-corrected chi connectivity index (χ0v) is 9.73. The molecule has 1 unspecified atom stereocenters. The lowest BCUT2D eigenvalue weighted by Crippen LogP contribution is -2.20. The molecule has 1 aromatic rings. The van der Waals surface area contributed by atoms with Gasteiger partial charge in [-0.25, -0.2) is 4.39 Å². The van der Waals surface area contributed by atoms with Gasteiger partial charge in [-0.05, 0) is 37.0 Å². The second kappa shape index (κ2) is 6.09. The lowest BCUT2D eigenvalue weighted by atomic mass is 10.0. The number of aryl methyl sites for hydroxylation is 1. The second-order valence-corrected chi connectivity index (χ2v) is 4.24. The molecule has 0 aliphatic rings. The van der Waals surface area contributed by atoms with Crippen LogP contribution >= 0.6 is 11.6 Å². The maximum Gasteiger partial charge on any atom is 0.141 e. The van der Waals surface area contributed by atoms with Crippen LogP contribution in [0.4, 0.5) is 4.39 Å². The molecule has 15 heavy (non-hydrogen) atoms. The fourth-order valence-corrected chi connectivity index (χ4v) is 1.77. The van der Waals surface area contributed by atoms with Crippen LogP contribution in [0.15, 0.2) is 18.2 Å². The minimum absolute atomic E-state index is 0.191. The minimum Gasteiger partial charge on any atom is -0.328 e. The molecule has 1 rings (SSSR count). The van der Waals surface area contributed by atoms with E-state index < -0.39 is 0 Å². The summed E-state index contributed by atoms with van der Waals surface area (Å²) in [4.78, 5) is 0. The van der Waals surface area contributed by atoms with E-state index in [1.54, 1.807) is 12.1 Å².